The number of nitro groups is 1. The van der Waals surface area contributed by atoms with Gasteiger partial charge in [-0.25, -0.2) is 4.79 Å². The van der Waals surface area contributed by atoms with Crippen molar-refractivity contribution in [1.82, 2.24) is 4.90 Å². The average molecular weight is 395 g/mol. The highest BCUT2D eigenvalue weighted by Crippen LogP contribution is 2.33. The van der Waals surface area contributed by atoms with Gasteiger partial charge in [-0.1, -0.05) is 30.3 Å². The molecule has 0 aromatic heterocycles. The number of carbonyl (C=O) groups excluding carboxylic acids is 1. The van der Waals surface area contributed by atoms with Crippen molar-refractivity contribution in [3.63, 3.8) is 0 Å². The smallest absolute Gasteiger partial charge is 0.410 e. The zero-order valence-electron chi connectivity index (χ0n) is 16.8. The van der Waals surface area contributed by atoms with E-state index in [4.69, 9.17) is 4.74 Å². The minimum atomic E-state index is -0.538. The quantitative estimate of drug-likeness (QED) is 0.556. The van der Waals surface area contributed by atoms with Crippen LogP contribution in [0.4, 0.5) is 21.9 Å². The maximum Gasteiger partial charge on any atom is 0.410 e. The van der Waals surface area contributed by atoms with Crippen LogP contribution < -0.4 is 5.32 Å². The number of rotatable bonds is 4. The number of nitrogens with zero attached hydrogens (tertiary/aromatic N) is 2. The number of para-hydroxylation sites is 1. The molecule has 1 amide bonds. The van der Waals surface area contributed by atoms with E-state index in [9.17, 15) is 14.9 Å². The SMILES string of the molecule is CC(C)(C)OC(=O)N1CC=C(c2ccc(Nc3ccccc3)c([N+](=O)[O-])c2)CC1. The number of amides is 1. The number of anilines is 2. The molecule has 1 aliphatic heterocycles. The molecule has 1 heterocycles. The highest BCUT2D eigenvalue weighted by atomic mass is 16.6. The van der Waals surface area contributed by atoms with Crippen LogP contribution in [0.5, 0.6) is 0 Å². The van der Waals surface area contributed by atoms with Crippen LogP contribution in [0.25, 0.3) is 5.57 Å². The van der Waals surface area contributed by atoms with Crippen molar-refractivity contribution in [2.45, 2.75) is 32.8 Å². The number of nitrogens with one attached hydrogen (secondary N) is 1. The summed E-state index contributed by atoms with van der Waals surface area (Å²) in [5.41, 5.74) is 2.48. The van der Waals surface area contributed by atoms with E-state index in [1.165, 1.54) is 0 Å². The Kier molecular flexibility index (Phi) is 5.87. The fourth-order valence-corrected chi connectivity index (χ4v) is 3.09. The number of carbonyl (C=O) groups is 1. The minimum Gasteiger partial charge on any atom is -0.444 e. The molecule has 7 heteroatoms. The van der Waals surface area contributed by atoms with Crippen LogP contribution in [0.15, 0.2) is 54.6 Å². The van der Waals surface area contributed by atoms with E-state index in [2.05, 4.69) is 5.32 Å². The number of hydrogen-bond acceptors (Lipinski definition) is 5. The second-order valence-corrected chi connectivity index (χ2v) is 7.89. The van der Waals surface area contributed by atoms with Gasteiger partial charge in [0.15, 0.2) is 0 Å². The Hall–Kier alpha value is -3.35. The summed E-state index contributed by atoms with van der Waals surface area (Å²) in [6.07, 6.45) is 2.19. The van der Waals surface area contributed by atoms with Crippen molar-refractivity contribution in [3.05, 3.63) is 70.3 Å². The second kappa shape index (κ2) is 8.34. The molecule has 3 rings (SSSR count). The highest BCUT2D eigenvalue weighted by Gasteiger charge is 2.24. The summed E-state index contributed by atoms with van der Waals surface area (Å²) in [4.78, 5) is 25.0. The van der Waals surface area contributed by atoms with E-state index in [0.717, 1.165) is 16.8 Å². The summed E-state index contributed by atoms with van der Waals surface area (Å²) in [6, 6.07) is 14.5. The first kappa shape index (κ1) is 20.4. The molecule has 0 bridgehead atoms. The van der Waals surface area contributed by atoms with Gasteiger partial charge in [0, 0.05) is 24.8 Å². The Balaban J connectivity index is 1.77. The first-order chi connectivity index (χ1) is 13.7. The van der Waals surface area contributed by atoms with Crippen molar-refractivity contribution in [3.8, 4) is 0 Å². The molecule has 0 radical (unpaired) electrons. The lowest BCUT2D eigenvalue weighted by Crippen LogP contribution is -2.39. The Morgan fingerprint density at radius 1 is 1.17 bits per heavy atom. The molecule has 0 aliphatic carbocycles. The zero-order chi connectivity index (χ0) is 21.0. The van der Waals surface area contributed by atoms with Gasteiger partial charge in [0.05, 0.1) is 4.92 Å². The molecular formula is C22H25N3O4. The number of benzene rings is 2. The van der Waals surface area contributed by atoms with Gasteiger partial charge in [-0.15, -0.1) is 0 Å². The molecule has 0 saturated heterocycles. The summed E-state index contributed by atoms with van der Waals surface area (Å²) in [7, 11) is 0. The molecule has 0 saturated carbocycles. The molecule has 2 aromatic rings. The highest BCUT2D eigenvalue weighted by molar-refractivity contribution is 5.77. The molecule has 1 aliphatic rings. The Labute approximate surface area is 170 Å². The standard InChI is InChI=1S/C22H25N3O4/c1-22(2,3)29-21(26)24-13-11-16(12-14-24)17-9-10-19(20(15-17)25(27)28)23-18-7-5-4-6-8-18/h4-11,15,23H,12-14H2,1-3H3. The molecule has 0 atom stereocenters. The van der Waals surface area contributed by atoms with Gasteiger partial charge in [0.1, 0.15) is 11.3 Å². The second-order valence-electron chi connectivity index (χ2n) is 7.89. The van der Waals surface area contributed by atoms with Gasteiger partial charge in [0.2, 0.25) is 0 Å². The molecule has 0 unspecified atom stereocenters. The number of nitro benzene ring substituents is 1. The lowest BCUT2D eigenvalue weighted by Gasteiger charge is -2.29. The Morgan fingerprint density at radius 3 is 2.48 bits per heavy atom. The Bertz CT molecular complexity index is 933. The molecular weight excluding hydrogens is 370 g/mol. The van der Waals surface area contributed by atoms with Gasteiger partial charge < -0.3 is 15.0 Å². The molecule has 0 fully saturated rings. The van der Waals surface area contributed by atoms with Crippen molar-refractivity contribution < 1.29 is 14.5 Å². The van der Waals surface area contributed by atoms with Crippen LogP contribution in [0.2, 0.25) is 0 Å². The Morgan fingerprint density at radius 2 is 1.90 bits per heavy atom. The van der Waals surface area contributed by atoms with Crippen molar-refractivity contribution in [2.75, 3.05) is 18.4 Å². The molecule has 1 N–H and O–H groups in total. The fourth-order valence-electron chi connectivity index (χ4n) is 3.09. The first-order valence-corrected chi connectivity index (χ1v) is 9.51. The van der Waals surface area contributed by atoms with Crippen molar-refractivity contribution >= 4 is 28.7 Å². The van der Waals surface area contributed by atoms with Crippen LogP contribution in [0, 0.1) is 10.1 Å². The minimum absolute atomic E-state index is 0.0156. The first-order valence-electron chi connectivity index (χ1n) is 9.51. The predicted octanol–water partition coefficient (Wildman–Crippen LogP) is 5.36. The largest absolute Gasteiger partial charge is 0.444 e. The summed E-state index contributed by atoms with van der Waals surface area (Å²) in [6.45, 7) is 6.43. The van der Waals surface area contributed by atoms with E-state index in [-0.39, 0.29) is 16.7 Å². The number of hydrogen-bond donors (Lipinski definition) is 1. The predicted molar refractivity (Wildman–Crippen MR) is 113 cm³/mol. The fraction of sp³-hybridized carbons (Fsp3) is 0.318. The van der Waals surface area contributed by atoms with Gasteiger partial charge in [-0.05, 0) is 56.5 Å². The van der Waals surface area contributed by atoms with E-state index < -0.39 is 5.60 Å². The van der Waals surface area contributed by atoms with Crippen molar-refractivity contribution in [2.24, 2.45) is 0 Å². The van der Waals surface area contributed by atoms with Gasteiger partial charge >= 0.3 is 6.09 Å². The van der Waals surface area contributed by atoms with Crippen LogP contribution in [0.3, 0.4) is 0 Å². The summed E-state index contributed by atoms with van der Waals surface area (Å²) in [5.74, 6) is 0. The maximum absolute atomic E-state index is 12.2. The third-order valence-electron chi connectivity index (χ3n) is 4.48. The molecule has 7 nitrogen and oxygen atoms in total. The normalized spacial score (nSPS) is 14.2. The summed E-state index contributed by atoms with van der Waals surface area (Å²) in [5, 5.41) is 14.7. The van der Waals surface area contributed by atoms with Gasteiger partial charge in [0.25, 0.3) is 5.69 Å². The van der Waals surface area contributed by atoms with Crippen LogP contribution in [-0.4, -0.2) is 34.6 Å². The summed E-state index contributed by atoms with van der Waals surface area (Å²) >= 11 is 0. The third-order valence-corrected chi connectivity index (χ3v) is 4.48. The maximum atomic E-state index is 12.2. The van der Waals surface area contributed by atoms with E-state index >= 15 is 0 Å². The van der Waals surface area contributed by atoms with Crippen molar-refractivity contribution in [1.29, 1.82) is 0 Å². The monoisotopic (exact) mass is 395 g/mol. The molecule has 152 valence electrons. The molecule has 29 heavy (non-hydrogen) atoms. The molecule has 0 spiro atoms. The molecule has 2 aromatic carbocycles. The summed E-state index contributed by atoms with van der Waals surface area (Å²) < 4.78 is 5.40. The van der Waals surface area contributed by atoms with Gasteiger partial charge in [-0.2, -0.15) is 0 Å². The van der Waals surface area contributed by atoms with Gasteiger partial charge in [-0.3, -0.25) is 10.1 Å². The van der Waals surface area contributed by atoms with Crippen LogP contribution in [0.1, 0.15) is 32.8 Å². The lowest BCUT2D eigenvalue weighted by atomic mass is 9.98. The third kappa shape index (κ3) is 5.34. The lowest BCUT2D eigenvalue weighted by molar-refractivity contribution is -0.383. The van der Waals surface area contributed by atoms with E-state index in [0.29, 0.717) is 25.2 Å². The van der Waals surface area contributed by atoms with E-state index in [1.807, 2.05) is 63.2 Å². The zero-order valence-corrected chi connectivity index (χ0v) is 16.8. The average Bonchev–Trinajstić information content (AvgIpc) is 2.68. The topological polar surface area (TPSA) is 84.7 Å². The number of ether oxygens (including phenoxy) is 1. The van der Waals surface area contributed by atoms with E-state index in [1.54, 1.807) is 17.0 Å². The van der Waals surface area contributed by atoms with Crippen LogP contribution >= 0.6 is 0 Å². The van der Waals surface area contributed by atoms with Crippen LogP contribution in [-0.2, 0) is 4.74 Å².